The molecule has 3 heterocycles. The zero-order valence-corrected chi connectivity index (χ0v) is 23.7. The number of piperidine rings is 1. The summed E-state index contributed by atoms with van der Waals surface area (Å²) in [5, 5.41) is 9.03. The van der Waals surface area contributed by atoms with Crippen LogP contribution < -0.4 is 14.2 Å². The number of carbonyl (C=O) groups is 1. The smallest absolute Gasteiger partial charge is 0.338 e. The molecule has 2 aliphatic rings. The standard InChI is InChI=1S/C32H31FN4O5/c1-36-25-14-21(32(38)40-3)15-27(39-2)30(25)35-29(36)17-37-11-9-20(10-12-37)22-5-4-6-26-31(22)41-18-28(42-26)23-8-7-19(16-34)13-24(23)33/h4-8,13-15,20,28H,9-12,17-18H2,1-3H3/t28-/m1/s1. The van der Waals surface area contributed by atoms with E-state index in [1.54, 1.807) is 31.4 Å². The van der Waals surface area contributed by atoms with Crippen molar-refractivity contribution < 1.29 is 28.1 Å². The van der Waals surface area contributed by atoms with Crippen molar-refractivity contribution in [2.45, 2.75) is 31.4 Å². The average Bonchev–Trinajstić information content (AvgIpc) is 3.34. The summed E-state index contributed by atoms with van der Waals surface area (Å²) in [4.78, 5) is 19.4. The number of fused-ring (bicyclic) bond motifs is 2. The van der Waals surface area contributed by atoms with Crippen molar-refractivity contribution in [1.29, 1.82) is 5.26 Å². The summed E-state index contributed by atoms with van der Waals surface area (Å²) in [5.41, 5.74) is 3.69. The SMILES string of the molecule is COC(=O)c1cc(OC)c2nc(CN3CCC(c4cccc5c4OC[C@H](c4ccc(C#N)cc4F)O5)CC3)n(C)c2c1. The van der Waals surface area contributed by atoms with Gasteiger partial charge in [-0.1, -0.05) is 18.2 Å². The van der Waals surface area contributed by atoms with Crippen LogP contribution in [0.2, 0.25) is 0 Å². The Morgan fingerprint density at radius 1 is 1.14 bits per heavy atom. The number of halogens is 1. The minimum Gasteiger partial charge on any atom is -0.494 e. The normalized spacial score (nSPS) is 17.2. The molecule has 0 N–H and O–H groups in total. The number of methoxy groups -OCH3 is 2. The van der Waals surface area contributed by atoms with Crippen molar-refractivity contribution in [2.75, 3.05) is 33.9 Å². The van der Waals surface area contributed by atoms with Crippen molar-refractivity contribution >= 4 is 17.0 Å². The summed E-state index contributed by atoms with van der Waals surface area (Å²) in [6, 6.07) is 15.7. The van der Waals surface area contributed by atoms with Crippen molar-refractivity contribution in [3.8, 4) is 23.3 Å². The van der Waals surface area contributed by atoms with Gasteiger partial charge in [-0.25, -0.2) is 14.2 Å². The number of hydrogen-bond acceptors (Lipinski definition) is 8. The molecule has 2 aliphatic heterocycles. The summed E-state index contributed by atoms with van der Waals surface area (Å²) >= 11 is 0. The summed E-state index contributed by atoms with van der Waals surface area (Å²) in [6.07, 6.45) is 1.29. The van der Waals surface area contributed by atoms with Crippen LogP contribution in [0.25, 0.3) is 11.0 Å². The third-order valence-corrected chi connectivity index (χ3v) is 8.21. The molecule has 3 aromatic carbocycles. The molecule has 0 aliphatic carbocycles. The molecule has 1 aromatic heterocycles. The predicted molar refractivity (Wildman–Crippen MR) is 152 cm³/mol. The quantitative estimate of drug-likeness (QED) is 0.289. The number of aromatic nitrogens is 2. The van der Waals surface area contributed by atoms with Gasteiger partial charge < -0.3 is 23.5 Å². The fraction of sp³-hybridized carbons (Fsp3) is 0.344. The van der Waals surface area contributed by atoms with E-state index >= 15 is 0 Å². The molecule has 0 bridgehead atoms. The first kappa shape index (κ1) is 27.5. The minimum atomic E-state index is -0.585. The molecule has 0 unspecified atom stereocenters. The molecule has 0 amide bonds. The van der Waals surface area contributed by atoms with Crippen molar-refractivity contribution in [3.05, 3.63) is 82.4 Å². The van der Waals surface area contributed by atoms with E-state index in [9.17, 15) is 9.18 Å². The molecule has 1 atom stereocenters. The number of carbonyl (C=O) groups excluding carboxylic acids is 1. The Kier molecular flexibility index (Phi) is 7.43. The van der Waals surface area contributed by atoms with Crippen LogP contribution in [0.3, 0.4) is 0 Å². The third-order valence-electron chi connectivity index (χ3n) is 8.21. The van der Waals surface area contributed by atoms with E-state index in [-0.39, 0.29) is 12.2 Å². The minimum absolute atomic E-state index is 0.194. The molecule has 10 heteroatoms. The van der Waals surface area contributed by atoms with Gasteiger partial charge in [-0.2, -0.15) is 5.26 Å². The highest BCUT2D eigenvalue weighted by atomic mass is 19.1. The van der Waals surface area contributed by atoms with E-state index in [1.165, 1.54) is 13.2 Å². The van der Waals surface area contributed by atoms with Gasteiger partial charge >= 0.3 is 5.97 Å². The zero-order valence-electron chi connectivity index (χ0n) is 23.7. The highest BCUT2D eigenvalue weighted by Gasteiger charge is 2.31. The molecular weight excluding hydrogens is 539 g/mol. The monoisotopic (exact) mass is 570 g/mol. The number of likely N-dealkylation sites (tertiary alicyclic amines) is 1. The second-order valence-electron chi connectivity index (χ2n) is 10.6. The van der Waals surface area contributed by atoms with Gasteiger partial charge in [-0.05, 0) is 62.2 Å². The molecule has 4 aromatic rings. The summed E-state index contributed by atoms with van der Waals surface area (Å²) in [7, 11) is 4.87. The topological polar surface area (TPSA) is 98.8 Å². The van der Waals surface area contributed by atoms with E-state index in [2.05, 4.69) is 11.0 Å². The van der Waals surface area contributed by atoms with Gasteiger partial charge in [0.1, 0.15) is 29.5 Å². The molecule has 0 spiro atoms. The lowest BCUT2D eigenvalue weighted by Gasteiger charge is -2.34. The maximum atomic E-state index is 14.6. The maximum absolute atomic E-state index is 14.6. The Balaban J connectivity index is 1.15. The number of ether oxygens (including phenoxy) is 4. The van der Waals surface area contributed by atoms with Gasteiger partial charge in [0.05, 0.1) is 43.5 Å². The molecule has 0 radical (unpaired) electrons. The van der Waals surface area contributed by atoms with Crippen LogP contribution >= 0.6 is 0 Å². The lowest BCUT2D eigenvalue weighted by Crippen LogP contribution is -2.33. The van der Waals surface area contributed by atoms with E-state index in [1.807, 2.05) is 29.8 Å². The van der Waals surface area contributed by atoms with Crippen molar-refractivity contribution in [2.24, 2.45) is 7.05 Å². The summed E-state index contributed by atoms with van der Waals surface area (Å²) < 4.78 is 39.4. The molecule has 216 valence electrons. The Labute approximate surface area is 243 Å². The Bertz CT molecular complexity index is 1700. The molecule has 42 heavy (non-hydrogen) atoms. The highest BCUT2D eigenvalue weighted by Crippen LogP contribution is 2.44. The van der Waals surface area contributed by atoms with Crippen LogP contribution in [0.1, 0.15) is 57.7 Å². The number of imidazole rings is 1. The molecule has 1 saturated heterocycles. The number of hydrogen-bond donors (Lipinski definition) is 0. The first-order chi connectivity index (χ1) is 20.4. The number of para-hydroxylation sites is 1. The number of aryl methyl sites for hydroxylation is 1. The zero-order chi connectivity index (χ0) is 29.4. The lowest BCUT2D eigenvalue weighted by atomic mass is 9.88. The van der Waals surface area contributed by atoms with Crippen LogP contribution in [0, 0.1) is 17.1 Å². The Morgan fingerprint density at radius 2 is 1.95 bits per heavy atom. The van der Waals surface area contributed by atoms with Gasteiger partial charge in [0.2, 0.25) is 0 Å². The average molecular weight is 571 g/mol. The van der Waals surface area contributed by atoms with Crippen LogP contribution in [0.15, 0.2) is 48.5 Å². The van der Waals surface area contributed by atoms with E-state index in [4.69, 9.17) is 29.2 Å². The van der Waals surface area contributed by atoms with Crippen LogP contribution in [-0.2, 0) is 18.3 Å². The second kappa shape index (κ2) is 11.3. The van der Waals surface area contributed by atoms with Gasteiger partial charge in [0.25, 0.3) is 0 Å². The summed E-state index contributed by atoms with van der Waals surface area (Å²) in [5.74, 6) is 2.16. The number of benzene rings is 3. The highest BCUT2D eigenvalue weighted by molar-refractivity contribution is 5.96. The van der Waals surface area contributed by atoms with Gasteiger partial charge in [-0.3, -0.25) is 4.90 Å². The van der Waals surface area contributed by atoms with E-state index in [0.29, 0.717) is 40.6 Å². The van der Waals surface area contributed by atoms with Crippen LogP contribution in [0.4, 0.5) is 4.39 Å². The fourth-order valence-electron chi connectivity index (χ4n) is 5.90. The van der Waals surface area contributed by atoms with Gasteiger partial charge in [0, 0.05) is 18.2 Å². The fourth-order valence-corrected chi connectivity index (χ4v) is 5.90. The number of nitriles is 1. The van der Waals surface area contributed by atoms with Crippen molar-refractivity contribution in [3.63, 3.8) is 0 Å². The third kappa shape index (κ3) is 5.01. The molecular formula is C32H31FN4O5. The number of rotatable bonds is 6. The van der Waals surface area contributed by atoms with Crippen LogP contribution in [-0.4, -0.2) is 54.3 Å². The van der Waals surface area contributed by atoms with E-state index < -0.39 is 17.9 Å². The molecule has 0 saturated carbocycles. The van der Waals surface area contributed by atoms with Gasteiger partial charge in [-0.15, -0.1) is 0 Å². The van der Waals surface area contributed by atoms with E-state index in [0.717, 1.165) is 48.6 Å². The largest absolute Gasteiger partial charge is 0.494 e. The molecule has 6 rings (SSSR count). The molecule has 9 nitrogen and oxygen atoms in total. The Morgan fingerprint density at radius 3 is 2.67 bits per heavy atom. The van der Waals surface area contributed by atoms with Gasteiger partial charge in [0.15, 0.2) is 17.6 Å². The van der Waals surface area contributed by atoms with Crippen molar-refractivity contribution in [1.82, 2.24) is 14.5 Å². The number of esters is 1. The number of nitrogens with zero attached hydrogens (tertiary/aromatic N) is 4. The summed E-state index contributed by atoms with van der Waals surface area (Å²) in [6.45, 7) is 2.61. The van der Waals surface area contributed by atoms with Crippen LogP contribution in [0.5, 0.6) is 17.2 Å². The first-order valence-corrected chi connectivity index (χ1v) is 13.9. The molecule has 1 fully saturated rings. The maximum Gasteiger partial charge on any atom is 0.338 e. The predicted octanol–water partition coefficient (Wildman–Crippen LogP) is 5.27. The second-order valence-corrected chi connectivity index (χ2v) is 10.6. The Hall–Kier alpha value is -4.62. The lowest BCUT2D eigenvalue weighted by molar-refractivity contribution is 0.0600. The first-order valence-electron chi connectivity index (χ1n) is 13.9.